The van der Waals surface area contributed by atoms with Crippen molar-refractivity contribution >= 4 is 35.6 Å². The van der Waals surface area contributed by atoms with E-state index in [0.29, 0.717) is 0 Å². The van der Waals surface area contributed by atoms with Crippen molar-refractivity contribution in [2.75, 3.05) is 6.54 Å². The Morgan fingerprint density at radius 1 is 1.33 bits per heavy atom. The summed E-state index contributed by atoms with van der Waals surface area (Å²) in [5.41, 5.74) is 7.38. The quantitative estimate of drug-likeness (QED) is 0.608. The normalized spacial score (nSPS) is 10.9. The first kappa shape index (κ1) is 16.9. The zero-order chi connectivity index (χ0) is 12.7. The molecular weight excluding hydrogens is 269 g/mol. The van der Waals surface area contributed by atoms with Gasteiger partial charge in [0.1, 0.15) is 5.84 Å². The van der Waals surface area contributed by atoms with Crippen LogP contribution < -0.4 is 5.73 Å². The van der Waals surface area contributed by atoms with Crippen LogP contribution in [0.1, 0.15) is 31.7 Å². The van der Waals surface area contributed by atoms with Crippen LogP contribution in [0.2, 0.25) is 5.02 Å². The molecular formula is C13H19Cl2N3. The number of amidine groups is 1. The summed E-state index contributed by atoms with van der Waals surface area (Å²) in [5, 5.41) is 7.93. The number of rotatable bonds is 6. The van der Waals surface area contributed by atoms with E-state index >= 15 is 0 Å². The van der Waals surface area contributed by atoms with Crippen molar-refractivity contribution in [2.24, 2.45) is 10.7 Å². The summed E-state index contributed by atoms with van der Waals surface area (Å²) in [6.07, 6.45) is 3.11. The van der Waals surface area contributed by atoms with Crippen LogP contribution in [0.15, 0.2) is 29.3 Å². The fourth-order valence-electron chi connectivity index (χ4n) is 1.48. The van der Waals surface area contributed by atoms with Crippen molar-refractivity contribution in [2.45, 2.75) is 26.2 Å². The highest BCUT2D eigenvalue weighted by Gasteiger charge is 2.03. The molecule has 0 atom stereocenters. The third-order valence-electron chi connectivity index (χ3n) is 2.38. The molecule has 0 aliphatic heterocycles. The molecule has 5 heteroatoms. The number of nitrogens with one attached hydrogen (secondary N) is 1. The van der Waals surface area contributed by atoms with Gasteiger partial charge in [0.05, 0.1) is 6.54 Å². The Kier molecular flexibility index (Phi) is 8.42. The lowest BCUT2D eigenvalue weighted by Gasteiger charge is -2.06. The minimum Gasteiger partial charge on any atom is -0.386 e. The van der Waals surface area contributed by atoms with Gasteiger partial charge in [-0.05, 0) is 30.5 Å². The first-order chi connectivity index (χ1) is 8.13. The summed E-state index contributed by atoms with van der Waals surface area (Å²) in [6.45, 7) is 2.41. The van der Waals surface area contributed by atoms with Gasteiger partial charge in [-0.2, -0.15) is 0 Å². The van der Waals surface area contributed by atoms with Crippen molar-refractivity contribution in [3.8, 4) is 0 Å². The number of hydrogen-bond acceptors (Lipinski definition) is 2. The molecule has 0 spiro atoms. The van der Waals surface area contributed by atoms with E-state index in [1.54, 1.807) is 0 Å². The molecule has 3 nitrogen and oxygen atoms in total. The summed E-state index contributed by atoms with van der Waals surface area (Å²) < 4.78 is 0. The molecule has 0 aliphatic rings. The average molecular weight is 288 g/mol. The van der Waals surface area contributed by atoms with E-state index in [4.69, 9.17) is 22.7 Å². The smallest absolute Gasteiger partial charge is 0.113 e. The Bertz CT molecular complexity index is 399. The molecule has 0 amide bonds. The molecule has 0 saturated carbocycles. The first-order valence-corrected chi connectivity index (χ1v) is 6.13. The lowest BCUT2D eigenvalue weighted by Crippen LogP contribution is -2.15. The predicted molar refractivity (Wildman–Crippen MR) is 81.5 cm³/mol. The third kappa shape index (κ3) is 6.03. The highest BCUT2D eigenvalue weighted by atomic mass is 35.5. The number of benzene rings is 1. The lowest BCUT2D eigenvalue weighted by atomic mass is 10.0. The standard InChI is InChI=1S/C13H18ClN3.ClH/c1-2-3-4-12(17-9-13(15)16)10-5-7-11(14)8-6-10;/h5-8H,2-4,9H2,1H3,(H3,15,16);1H. The Morgan fingerprint density at radius 3 is 2.44 bits per heavy atom. The van der Waals surface area contributed by atoms with E-state index in [-0.39, 0.29) is 24.8 Å². The minimum absolute atomic E-state index is 0. The minimum atomic E-state index is 0. The van der Waals surface area contributed by atoms with Gasteiger partial charge in [-0.1, -0.05) is 37.1 Å². The maximum absolute atomic E-state index is 7.21. The molecule has 1 rings (SSSR count). The first-order valence-electron chi connectivity index (χ1n) is 5.75. The summed E-state index contributed by atoms with van der Waals surface area (Å²) in [6, 6.07) is 7.62. The average Bonchev–Trinajstić information content (AvgIpc) is 2.30. The lowest BCUT2D eigenvalue weighted by molar-refractivity contribution is 0.833. The van der Waals surface area contributed by atoms with Gasteiger partial charge >= 0.3 is 0 Å². The van der Waals surface area contributed by atoms with Gasteiger partial charge in [-0.25, -0.2) is 0 Å². The fraction of sp³-hybridized carbons (Fsp3) is 0.385. The number of hydrogen-bond donors (Lipinski definition) is 2. The highest BCUT2D eigenvalue weighted by molar-refractivity contribution is 6.30. The molecule has 0 aliphatic carbocycles. The third-order valence-corrected chi connectivity index (χ3v) is 2.64. The zero-order valence-corrected chi connectivity index (χ0v) is 12.0. The molecule has 0 unspecified atom stereocenters. The Morgan fingerprint density at radius 2 is 1.94 bits per heavy atom. The van der Waals surface area contributed by atoms with Crippen LogP contribution in [0.4, 0.5) is 0 Å². The van der Waals surface area contributed by atoms with Crippen LogP contribution in [0, 0.1) is 5.41 Å². The molecule has 1 aromatic carbocycles. The molecule has 0 bridgehead atoms. The van der Waals surface area contributed by atoms with E-state index < -0.39 is 0 Å². The van der Waals surface area contributed by atoms with E-state index in [1.807, 2.05) is 24.3 Å². The number of nitrogens with two attached hydrogens (primary N) is 1. The van der Waals surface area contributed by atoms with Gasteiger partial charge < -0.3 is 5.73 Å². The number of nitrogens with zero attached hydrogens (tertiary/aromatic N) is 1. The molecule has 3 N–H and O–H groups in total. The van der Waals surface area contributed by atoms with Crippen LogP contribution in [-0.2, 0) is 0 Å². The number of halogens is 2. The van der Waals surface area contributed by atoms with Crippen LogP contribution in [0.5, 0.6) is 0 Å². The van der Waals surface area contributed by atoms with Crippen molar-refractivity contribution in [1.29, 1.82) is 5.41 Å². The van der Waals surface area contributed by atoms with Crippen molar-refractivity contribution in [3.05, 3.63) is 34.9 Å². The molecule has 18 heavy (non-hydrogen) atoms. The van der Waals surface area contributed by atoms with E-state index in [2.05, 4.69) is 11.9 Å². The Balaban J connectivity index is 0.00000289. The second-order valence-electron chi connectivity index (χ2n) is 3.90. The molecule has 0 radical (unpaired) electrons. The second kappa shape index (κ2) is 8.95. The summed E-state index contributed by atoms with van der Waals surface area (Å²) in [7, 11) is 0. The fourth-order valence-corrected chi connectivity index (χ4v) is 1.61. The van der Waals surface area contributed by atoms with Gasteiger partial charge in [0.15, 0.2) is 0 Å². The van der Waals surface area contributed by atoms with Gasteiger partial charge in [0, 0.05) is 10.7 Å². The summed E-state index contributed by atoms with van der Waals surface area (Å²) in [4.78, 5) is 4.38. The molecule has 0 aromatic heterocycles. The second-order valence-corrected chi connectivity index (χ2v) is 4.34. The van der Waals surface area contributed by atoms with Crippen LogP contribution >= 0.6 is 24.0 Å². The maximum atomic E-state index is 7.21. The van der Waals surface area contributed by atoms with Crippen molar-refractivity contribution in [3.63, 3.8) is 0 Å². The topological polar surface area (TPSA) is 62.2 Å². The van der Waals surface area contributed by atoms with Gasteiger partial charge in [-0.15, -0.1) is 12.4 Å². The molecule has 100 valence electrons. The van der Waals surface area contributed by atoms with E-state index in [1.165, 1.54) is 0 Å². The highest BCUT2D eigenvalue weighted by Crippen LogP contribution is 2.13. The Hall–Kier alpha value is -1.06. The van der Waals surface area contributed by atoms with Gasteiger partial charge in [0.2, 0.25) is 0 Å². The van der Waals surface area contributed by atoms with E-state index in [9.17, 15) is 0 Å². The molecule has 1 aromatic rings. The van der Waals surface area contributed by atoms with E-state index in [0.717, 1.165) is 35.6 Å². The van der Waals surface area contributed by atoms with Crippen LogP contribution in [0.25, 0.3) is 0 Å². The SMILES string of the molecule is CCCCC(=NCC(=N)N)c1ccc(Cl)cc1.Cl. The van der Waals surface area contributed by atoms with Crippen molar-refractivity contribution < 1.29 is 0 Å². The molecule has 0 saturated heterocycles. The predicted octanol–water partition coefficient (Wildman–Crippen LogP) is 3.68. The zero-order valence-electron chi connectivity index (χ0n) is 10.4. The molecule has 0 fully saturated rings. The van der Waals surface area contributed by atoms with Crippen molar-refractivity contribution in [1.82, 2.24) is 0 Å². The Labute approximate surface area is 119 Å². The summed E-state index contributed by atoms with van der Waals surface area (Å²) >= 11 is 5.85. The number of unbranched alkanes of at least 4 members (excludes halogenated alkanes) is 1. The summed E-state index contributed by atoms with van der Waals surface area (Å²) in [5.74, 6) is 0.0907. The van der Waals surface area contributed by atoms with Gasteiger partial charge in [0.25, 0.3) is 0 Å². The molecule has 0 heterocycles. The largest absolute Gasteiger partial charge is 0.386 e. The number of aliphatic imine (C=N–C) groups is 1. The van der Waals surface area contributed by atoms with Gasteiger partial charge in [-0.3, -0.25) is 10.4 Å². The van der Waals surface area contributed by atoms with Crippen LogP contribution in [-0.4, -0.2) is 18.1 Å². The maximum Gasteiger partial charge on any atom is 0.113 e. The van der Waals surface area contributed by atoms with Crippen LogP contribution in [0.3, 0.4) is 0 Å². The monoisotopic (exact) mass is 287 g/mol.